The number of para-hydroxylation sites is 1. The van der Waals surface area contributed by atoms with Crippen LogP contribution in [0, 0.1) is 0 Å². The van der Waals surface area contributed by atoms with Crippen LogP contribution in [-0.2, 0) is 0 Å². The summed E-state index contributed by atoms with van der Waals surface area (Å²) in [5.41, 5.74) is 1.32. The summed E-state index contributed by atoms with van der Waals surface area (Å²) in [6.07, 6.45) is 1.05. The van der Waals surface area contributed by atoms with Gasteiger partial charge in [-0.1, -0.05) is 18.2 Å². The van der Waals surface area contributed by atoms with Crippen LogP contribution in [0.1, 0.15) is 28.8 Å². The molecule has 100 valence electrons. The van der Waals surface area contributed by atoms with Gasteiger partial charge < -0.3 is 10.1 Å². The van der Waals surface area contributed by atoms with Gasteiger partial charge in [-0.25, -0.2) is 0 Å². The maximum Gasteiger partial charge on any atom is 0.122 e. The molecule has 1 N–H and O–H groups in total. The fourth-order valence-corrected chi connectivity index (χ4v) is 4.35. The number of nitrogens with one attached hydrogen (secondary N) is 1. The number of likely N-dealkylation sites (N-methyl/N-ethyl adjacent to an activating group) is 1. The molecule has 1 aliphatic heterocycles. The molecule has 0 aliphatic carbocycles. The Balaban J connectivity index is 1.97. The van der Waals surface area contributed by atoms with E-state index in [0.717, 1.165) is 18.8 Å². The van der Waals surface area contributed by atoms with Crippen molar-refractivity contribution >= 4 is 27.3 Å². The van der Waals surface area contributed by atoms with Gasteiger partial charge in [-0.15, -0.1) is 11.3 Å². The number of halogens is 1. The topological polar surface area (TPSA) is 21.3 Å². The van der Waals surface area contributed by atoms with E-state index in [1.165, 1.54) is 14.2 Å². The van der Waals surface area contributed by atoms with Gasteiger partial charge in [0.25, 0.3) is 0 Å². The van der Waals surface area contributed by atoms with Gasteiger partial charge in [0.15, 0.2) is 0 Å². The number of fused-ring (bicyclic) bond motifs is 1. The molecule has 1 aromatic carbocycles. The zero-order valence-electron chi connectivity index (χ0n) is 10.7. The molecule has 0 saturated carbocycles. The Morgan fingerprint density at radius 3 is 2.89 bits per heavy atom. The summed E-state index contributed by atoms with van der Waals surface area (Å²) < 4.78 is 6.94. The minimum absolute atomic E-state index is 0.348. The lowest BCUT2D eigenvalue weighted by atomic mass is 9.86. The zero-order chi connectivity index (χ0) is 13.2. The van der Waals surface area contributed by atoms with Gasteiger partial charge in [0.05, 0.1) is 10.4 Å². The van der Waals surface area contributed by atoms with Gasteiger partial charge in [-0.2, -0.15) is 0 Å². The van der Waals surface area contributed by atoms with E-state index in [4.69, 9.17) is 4.74 Å². The SMILES string of the molecule is CNC(c1ccc(Br)s1)C1CCOc2ccccc21. The first kappa shape index (κ1) is 13.2. The fourth-order valence-electron chi connectivity index (χ4n) is 2.75. The molecule has 2 aromatic rings. The predicted octanol–water partition coefficient (Wildman–Crippen LogP) is 4.34. The highest BCUT2D eigenvalue weighted by Gasteiger charge is 2.29. The number of benzene rings is 1. The monoisotopic (exact) mass is 337 g/mol. The summed E-state index contributed by atoms with van der Waals surface area (Å²) in [6.45, 7) is 0.798. The highest BCUT2D eigenvalue weighted by molar-refractivity contribution is 9.11. The smallest absolute Gasteiger partial charge is 0.122 e. The Morgan fingerprint density at radius 2 is 2.16 bits per heavy atom. The minimum atomic E-state index is 0.348. The summed E-state index contributed by atoms with van der Waals surface area (Å²) in [5, 5.41) is 3.48. The maximum atomic E-state index is 5.76. The highest BCUT2D eigenvalue weighted by Crippen LogP contribution is 2.43. The average Bonchev–Trinajstić information content (AvgIpc) is 2.86. The molecular formula is C15H16BrNOS. The molecule has 2 heterocycles. The second-order valence-corrected chi connectivity index (χ2v) is 7.18. The van der Waals surface area contributed by atoms with Crippen LogP contribution < -0.4 is 10.1 Å². The maximum absolute atomic E-state index is 5.76. The summed E-state index contributed by atoms with van der Waals surface area (Å²) in [5.74, 6) is 1.51. The number of hydrogen-bond acceptors (Lipinski definition) is 3. The predicted molar refractivity (Wildman–Crippen MR) is 83.1 cm³/mol. The molecule has 2 nitrogen and oxygen atoms in total. The van der Waals surface area contributed by atoms with Gasteiger partial charge in [0.1, 0.15) is 5.75 Å². The standard InChI is InChI=1S/C15H16BrNOS/c1-17-15(13-6-7-14(16)19-13)11-8-9-18-12-5-3-2-4-10(11)12/h2-7,11,15,17H,8-9H2,1H3. The van der Waals surface area contributed by atoms with E-state index < -0.39 is 0 Å². The van der Waals surface area contributed by atoms with Crippen molar-refractivity contribution in [2.24, 2.45) is 0 Å². The zero-order valence-corrected chi connectivity index (χ0v) is 13.1. The fraction of sp³-hybridized carbons (Fsp3) is 0.333. The first-order valence-electron chi connectivity index (χ1n) is 6.44. The van der Waals surface area contributed by atoms with Crippen molar-refractivity contribution in [3.05, 3.63) is 50.6 Å². The molecule has 2 atom stereocenters. The van der Waals surface area contributed by atoms with E-state index in [1.807, 2.05) is 13.1 Å². The van der Waals surface area contributed by atoms with E-state index in [9.17, 15) is 0 Å². The van der Waals surface area contributed by atoms with Crippen molar-refractivity contribution in [2.45, 2.75) is 18.4 Å². The minimum Gasteiger partial charge on any atom is -0.493 e. The highest BCUT2D eigenvalue weighted by atomic mass is 79.9. The van der Waals surface area contributed by atoms with Crippen LogP contribution in [0.5, 0.6) is 5.75 Å². The molecule has 0 bridgehead atoms. The third-order valence-electron chi connectivity index (χ3n) is 3.62. The normalized spacial score (nSPS) is 19.6. The van der Waals surface area contributed by atoms with E-state index in [0.29, 0.717) is 12.0 Å². The molecule has 1 aliphatic rings. The van der Waals surface area contributed by atoms with Crippen LogP contribution in [0.3, 0.4) is 0 Å². The van der Waals surface area contributed by atoms with Crippen molar-refractivity contribution in [1.82, 2.24) is 5.32 Å². The van der Waals surface area contributed by atoms with Gasteiger partial charge in [0.2, 0.25) is 0 Å². The van der Waals surface area contributed by atoms with Gasteiger partial charge in [-0.3, -0.25) is 0 Å². The third kappa shape index (κ3) is 2.57. The molecule has 4 heteroatoms. The number of hydrogen-bond donors (Lipinski definition) is 1. The largest absolute Gasteiger partial charge is 0.493 e. The second-order valence-electron chi connectivity index (χ2n) is 4.69. The van der Waals surface area contributed by atoms with E-state index >= 15 is 0 Å². The third-order valence-corrected chi connectivity index (χ3v) is 5.33. The molecule has 19 heavy (non-hydrogen) atoms. The summed E-state index contributed by atoms with van der Waals surface area (Å²) in [6, 6.07) is 13.1. The quantitative estimate of drug-likeness (QED) is 0.899. The van der Waals surface area contributed by atoms with E-state index in [-0.39, 0.29) is 0 Å². The lowest BCUT2D eigenvalue weighted by Gasteiger charge is -2.31. The van der Waals surface area contributed by atoms with Crippen LogP contribution in [-0.4, -0.2) is 13.7 Å². The second kappa shape index (κ2) is 5.65. The molecule has 0 fully saturated rings. The first-order valence-corrected chi connectivity index (χ1v) is 8.05. The van der Waals surface area contributed by atoms with Crippen LogP contribution in [0.4, 0.5) is 0 Å². The van der Waals surface area contributed by atoms with Gasteiger partial charge >= 0.3 is 0 Å². The van der Waals surface area contributed by atoms with Crippen LogP contribution in [0.15, 0.2) is 40.2 Å². The molecule has 0 spiro atoms. The lowest BCUT2D eigenvalue weighted by molar-refractivity contribution is 0.249. The molecular weight excluding hydrogens is 322 g/mol. The Morgan fingerprint density at radius 1 is 1.32 bits per heavy atom. The average molecular weight is 338 g/mol. The number of rotatable bonds is 3. The van der Waals surface area contributed by atoms with E-state index in [2.05, 4.69) is 51.6 Å². The van der Waals surface area contributed by atoms with Crippen molar-refractivity contribution in [1.29, 1.82) is 0 Å². The van der Waals surface area contributed by atoms with Crippen molar-refractivity contribution in [3.63, 3.8) is 0 Å². The molecule has 0 amide bonds. The summed E-state index contributed by atoms with van der Waals surface area (Å²) in [7, 11) is 2.04. The van der Waals surface area contributed by atoms with Crippen LogP contribution in [0.25, 0.3) is 0 Å². The molecule has 3 rings (SSSR count). The lowest BCUT2D eigenvalue weighted by Crippen LogP contribution is -2.27. The van der Waals surface area contributed by atoms with Crippen LogP contribution in [0.2, 0.25) is 0 Å². The Bertz CT molecular complexity index is 569. The summed E-state index contributed by atoms with van der Waals surface area (Å²) in [4.78, 5) is 1.37. The number of ether oxygens (including phenoxy) is 1. The van der Waals surface area contributed by atoms with Gasteiger partial charge in [0, 0.05) is 16.8 Å². The van der Waals surface area contributed by atoms with E-state index in [1.54, 1.807) is 11.3 Å². The first-order chi connectivity index (χ1) is 9.29. The molecule has 0 saturated heterocycles. The van der Waals surface area contributed by atoms with Crippen LogP contribution >= 0.6 is 27.3 Å². The van der Waals surface area contributed by atoms with Crippen molar-refractivity contribution in [2.75, 3.05) is 13.7 Å². The molecule has 2 unspecified atom stereocenters. The van der Waals surface area contributed by atoms with Crippen molar-refractivity contribution < 1.29 is 4.74 Å². The Hall–Kier alpha value is -0.840. The van der Waals surface area contributed by atoms with Crippen molar-refractivity contribution in [3.8, 4) is 5.75 Å². The van der Waals surface area contributed by atoms with Gasteiger partial charge in [-0.05, 0) is 53.2 Å². The molecule has 1 aromatic heterocycles. The number of thiophene rings is 1. The Labute approximate surface area is 125 Å². The molecule has 0 radical (unpaired) electrons. The summed E-state index contributed by atoms with van der Waals surface area (Å²) >= 11 is 5.35. The Kier molecular flexibility index (Phi) is 3.91.